The summed E-state index contributed by atoms with van der Waals surface area (Å²) in [6.45, 7) is 4.77. The molecule has 3 aliphatic rings. The maximum atomic E-state index is 5.88. The minimum atomic E-state index is 0.600. The molecule has 0 aliphatic carbocycles. The SMILES string of the molecule is c1ccc(Nc2cc3c4c(c2)C2CNCC[C@@H]2N4CCOC3)cc1. The zero-order valence-electron chi connectivity index (χ0n) is 13.8. The van der Waals surface area contributed by atoms with E-state index in [1.54, 1.807) is 0 Å². The number of rotatable bonds is 2. The van der Waals surface area contributed by atoms with Crippen molar-refractivity contribution in [1.29, 1.82) is 0 Å². The van der Waals surface area contributed by atoms with Crippen LogP contribution >= 0.6 is 0 Å². The Balaban J connectivity index is 1.58. The third-order valence-corrected chi connectivity index (χ3v) is 5.55. The van der Waals surface area contributed by atoms with Gasteiger partial charge in [-0.15, -0.1) is 0 Å². The van der Waals surface area contributed by atoms with Gasteiger partial charge in [0, 0.05) is 47.7 Å². The highest BCUT2D eigenvalue weighted by Crippen LogP contribution is 2.47. The zero-order valence-corrected chi connectivity index (χ0v) is 13.8. The van der Waals surface area contributed by atoms with Crippen molar-refractivity contribution in [3.63, 3.8) is 0 Å². The second-order valence-electron chi connectivity index (χ2n) is 6.98. The molecule has 4 nitrogen and oxygen atoms in total. The van der Waals surface area contributed by atoms with Gasteiger partial charge in [-0.05, 0) is 42.8 Å². The molecule has 124 valence electrons. The van der Waals surface area contributed by atoms with Gasteiger partial charge < -0.3 is 20.3 Å². The van der Waals surface area contributed by atoms with E-state index in [1.807, 2.05) is 6.07 Å². The van der Waals surface area contributed by atoms with Crippen LogP contribution in [0, 0.1) is 0 Å². The summed E-state index contributed by atoms with van der Waals surface area (Å²) in [5.74, 6) is 0.600. The number of benzene rings is 2. The molecule has 0 radical (unpaired) electrons. The molecular formula is C20H23N3O. The Kier molecular flexibility index (Phi) is 3.46. The quantitative estimate of drug-likeness (QED) is 0.890. The molecule has 1 fully saturated rings. The van der Waals surface area contributed by atoms with Crippen LogP contribution < -0.4 is 15.5 Å². The summed E-state index contributed by atoms with van der Waals surface area (Å²) in [4.78, 5) is 2.62. The molecule has 3 aliphatic heterocycles. The molecule has 2 N–H and O–H groups in total. The number of para-hydroxylation sites is 1. The Bertz CT molecular complexity index is 746. The van der Waals surface area contributed by atoms with Gasteiger partial charge in [-0.1, -0.05) is 18.2 Å². The van der Waals surface area contributed by atoms with Crippen molar-refractivity contribution < 1.29 is 4.74 Å². The fourth-order valence-electron chi connectivity index (χ4n) is 4.55. The topological polar surface area (TPSA) is 36.5 Å². The summed E-state index contributed by atoms with van der Waals surface area (Å²) < 4.78 is 5.88. The zero-order chi connectivity index (χ0) is 15.9. The fraction of sp³-hybridized carbons (Fsp3) is 0.400. The fourth-order valence-corrected chi connectivity index (χ4v) is 4.55. The molecule has 3 heterocycles. The minimum absolute atomic E-state index is 0.600. The van der Waals surface area contributed by atoms with Crippen molar-refractivity contribution in [3.8, 4) is 0 Å². The lowest BCUT2D eigenvalue weighted by atomic mass is 9.89. The van der Waals surface area contributed by atoms with E-state index in [4.69, 9.17) is 4.74 Å². The Morgan fingerprint density at radius 1 is 1.12 bits per heavy atom. The van der Waals surface area contributed by atoms with Gasteiger partial charge in [-0.25, -0.2) is 0 Å². The first-order valence-electron chi connectivity index (χ1n) is 8.94. The minimum Gasteiger partial charge on any atom is -0.375 e. The van der Waals surface area contributed by atoms with E-state index in [0.717, 1.165) is 38.5 Å². The van der Waals surface area contributed by atoms with E-state index >= 15 is 0 Å². The van der Waals surface area contributed by atoms with Crippen LogP contribution in [0.4, 0.5) is 17.1 Å². The number of nitrogens with one attached hydrogen (secondary N) is 2. The van der Waals surface area contributed by atoms with E-state index in [9.17, 15) is 0 Å². The lowest BCUT2D eigenvalue weighted by Crippen LogP contribution is -2.44. The largest absolute Gasteiger partial charge is 0.375 e. The van der Waals surface area contributed by atoms with E-state index < -0.39 is 0 Å². The van der Waals surface area contributed by atoms with Crippen molar-refractivity contribution in [2.45, 2.75) is 25.0 Å². The van der Waals surface area contributed by atoms with Gasteiger partial charge in [-0.3, -0.25) is 0 Å². The molecule has 1 unspecified atom stereocenters. The molecule has 2 aromatic carbocycles. The molecule has 0 spiro atoms. The van der Waals surface area contributed by atoms with Gasteiger partial charge in [-0.2, -0.15) is 0 Å². The first-order chi connectivity index (χ1) is 11.9. The van der Waals surface area contributed by atoms with E-state index in [1.165, 1.54) is 28.9 Å². The third kappa shape index (κ3) is 2.29. The van der Waals surface area contributed by atoms with Gasteiger partial charge in [0.05, 0.1) is 13.2 Å². The normalized spacial score (nSPS) is 24.9. The highest BCUT2D eigenvalue weighted by atomic mass is 16.5. The van der Waals surface area contributed by atoms with E-state index in [-0.39, 0.29) is 0 Å². The number of ether oxygens (including phenoxy) is 1. The smallest absolute Gasteiger partial charge is 0.0738 e. The molecule has 1 saturated heterocycles. The van der Waals surface area contributed by atoms with Gasteiger partial charge in [0.2, 0.25) is 0 Å². The van der Waals surface area contributed by atoms with Crippen LogP contribution in [0.25, 0.3) is 0 Å². The number of anilines is 3. The molecule has 0 saturated carbocycles. The lowest BCUT2D eigenvalue weighted by Gasteiger charge is -2.33. The number of nitrogens with zero attached hydrogens (tertiary/aromatic N) is 1. The second kappa shape index (κ2) is 5.80. The molecule has 4 heteroatoms. The van der Waals surface area contributed by atoms with Crippen LogP contribution in [-0.2, 0) is 11.3 Å². The maximum Gasteiger partial charge on any atom is 0.0738 e. The number of piperidine rings is 1. The lowest BCUT2D eigenvalue weighted by molar-refractivity contribution is 0.130. The molecule has 2 aromatic rings. The van der Waals surface area contributed by atoms with Gasteiger partial charge in [0.15, 0.2) is 0 Å². The summed E-state index contributed by atoms with van der Waals surface area (Å²) in [5, 5.41) is 7.16. The molecule has 0 amide bonds. The number of fused-ring (bicyclic) bond motifs is 3. The summed E-state index contributed by atoms with van der Waals surface area (Å²) in [7, 11) is 0. The molecular weight excluding hydrogens is 298 g/mol. The van der Waals surface area contributed by atoms with Crippen LogP contribution in [0.3, 0.4) is 0 Å². The molecule has 0 aromatic heterocycles. The molecule has 5 rings (SSSR count). The van der Waals surface area contributed by atoms with Crippen molar-refractivity contribution >= 4 is 17.1 Å². The molecule has 2 atom stereocenters. The molecule has 0 bridgehead atoms. The van der Waals surface area contributed by atoms with Crippen LogP contribution in [0.2, 0.25) is 0 Å². The Morgan fingerprint density at radius 2 is 2.04 bits per heavy atom. The van der Waals surface area contributed by atoms with Crippen molar-refractivity contribution in [3.05, 3.63) is 53.6 Å². The van der Waals surface area contributed by atoms with E-state index in [0.29, 0.717) is 12.0 Å². The van der Waals surface area contributed by atoms with Crippen LogP contribution in [-0.4, -0.2) is 32.3 Å². The van der Waals surface area contributed by atoms with Crippen molar-refractivity contribution in [2.24, 2.45) is 0 Å². The van der Waals surface area contributed by atoms with Gasteiger partial charge in [0.1, 0.15) is 0 Å². The first kappa shape index (κ1) is 14.3. The Morgan fingerprint density at radius 3 is 2.96 bits per heavy atom. The summed E-state index contributed by atoms with van der Waals surface area (Å²) in [5.41, 5.74) is 6.58. The summed E-state index contributed by atoms with van der Waals surface area (Å²) in [6, 6.07) is 15.7. The average Bonchev–Trinajstić information content (AvgIpc) is 2.78. The van der Waals surface area contributed by atoms with Crippen molar-refractivity contribution in [1.82, 2.24) is 5.32 Å². The van der Waals surface area contributed by atoms with Crippen LogP contribution in [0.5, 0.6) is 0 Å². The predicted molar refractivity (Wildman–Crippen MR) is 97.2 cm³/mol. The standard InChI is InChI=1S/C20H23N3O/c1-2-4-15(5-3-1)22-16-10-14-13-24-9-8-23-19-6-7-21-12-18(19)17(11-16)20(14)23/h1-5,10-11,18-19,21-22H,6-9,12-13H2/t18?,19-/m0/s1. The van der Waals surface area contributed by atoms with Crippen LogP contribution in [0.1, 0.15) is 23.5 Å². The maximum absolute atomic E-state index is 5.88. The molecule has 24 heavy (non-hydrogen) atoms. The highest BCUT2D eigenvalue weighted by molar-refractivity contribution is 5.74. The first-order valence-corrected chi connectivity index (χ1v) is 8.94. The second-order valence-corrected chi connectivity index (χ2v) is 6.98. The van der Waals surface area contributed by atoms with Crippen molar-refractivity contribution in [2.75, 3.05) is 36.5 Å². The Labute approximate surface area is 142 Å². The predicted octanol–water partition coefficient (Wildman–Crippen LogP) is 3.23. The van der Waals surface area contributed by atoms with Gasteiger partial charge in [0.25, 0.3) is 0 Å². The highest BCUT2D eigenvalue weighted by Gasteiger charge is 2.41. The summed E-state index contributed by atoms with van der Waals surface area (Å²) >= 11 is 0. The van der Waals surface area contributed by atoms with Crippen LogP contribution in [0.15, 0.2) is 42.5 Å². The van der Waals surface area contributed by atoms with Gasteiger partial charge >= 0.3 is 0 Å². The number of hydrogen-bond acceptors (Lipinski definition) is 4. The third-order valence-electron chi connectivity index (χ3n) is 5.55. The Hall–Kier alpha value is -2.04. The average molecular weight is 321 g/mol. The monoisotopic (exact) mass is 321 g/mol. The van der Waals surface area contributed by atoms with E-state index in [2.05, 4.69) is 51.9 Å². The number of hydrogen-bond donors (Lipinski definition) is 2. The summed E-state index contributed by atoms with van der Waals surface area (Å²) in [6.07, 6.45) is 1.22.